The maximum absolute atomic E-state index is 4.57. The Morgan fingerprint density at radius 1 is 1.19 bits per heavy atom. The van der Waals surface area contributed by atoms with Crippen molar-refractivity contribution in [2.24, 2.45) is 10.9 Å². The van der Waals surface area contributed by atoms with E-state index in [9.17, 15) is 0 Å². The Morgan fingerprint density at radius 2 is 2.11 bits per heavy atom. The molecule has 0 radical (unpaired) electrons. The van der Waals surface area contributed by atoms with Gasteiger partial charge < -0.3 is 15.6 Å². The average Bonchev–Trinajstić information content (AvgIpc) is 3.21. The molecule has 3 heterocycles. The molecule has 0 saturated heterocycles. The third-order valence-electron chi connectivity index (χ3n) is 5.23. The van der Waals surface area contributed by atoms with Crippen LogP contribution in [0.3, 0.4) is 0 Å². The number of H-pyrrole nitrogens is 1. The predicted molar refractivity (Wildman–Crippen MR) is 109 cm³/mol. The third kappa shape index (κ3) is 3.30. The van der Waals surface area contributed by atoms with E-state index in [1.54, 1.807) is 6.20 Å². The van der Waals surface area contributed by atoms with Crippen LogP contribution < -0.4 is 10.6 Å². The summed E-state index contributed by atoms with van der Waals surface area (Å²) in [6.07, 6.45) is 8.53. The second-order valence-electron chi connectivity index (χ2n) is 7.25. The van der Waals surface area contributed by atoms with E-state index in [-0.39, 0.29) is 0 Å². The average molecular weight is 358 g/mol. The van der Waals surface area contributed by atoms with Crippen molar-refractivity contribution >= 4 is 28.5 Å². The molecule has 1 aliphatic carbocycles. The lowest BCUT2D eigenvalue weighted by atomic mass is 10.1. The molecule has 136 valence electrons. The number of hydrogen-bond acceptors (Lipinski definition) is 5. The first-order valence-corrected chi connectivity index (χ1v) is 9.41. The SMILES string of the molecule is Cc1ccc(CNc2nccc(NC3=NCC(C4CC4)=C3)n2)c2cc[nH]c12. The summed E-state index contributed by atoms with van der Waals surface area (Å²) in [6, 6.07) is 8.27. The van der Waals surface area contributed by atoms with Crippen LogP contribution in [0.1, 0.15) is 24.0 Å². The smallest absolute Gasteiger partial charge is 0.224 e. The van der Waals surface area contributed by atoms with E-state index in [0.717, 1.165) is 24.1 Å². The molecular formula is C21H22N6. The molecule has 3 aromatic rings. The molecule has 0 atom stereocenters. The third-order valence-corrected chi connectivity index (χ3v) is 5.23. The van der Waals surface area contributed by atoms with Crippen LogP contribution in [0.2, 0.25) is 0 Å². The topological polar surface area (TPSA) is 78.0 Å². The van der Waals surface area contributed by atoms with E-state index in [0.29, 0.717) is 12.5 Å². The van der Waals surface area contributed by atoms with Gasteiger partial charge in [-0.2, -0.15) is 4.98 Å². The van der Waals surface area contributed by atoms with Gasteiger partial charge in [-0.25, -0.2) is 4.98 Å². The Labute approximate surface area is 157 Å². The first-order chi connectivity index (χ1) is 13.3. The highest BCUT2D eigenvalue weighted by Gasteiger charge is 2.27. The van der Waals surface area contributed by atoms with Crippen molar-refractivity contribution in [1.29, 1.82) is 0 Å². The molecule has 2 aromatic heterocycles. The summed E-state index contributed by atoms with van der Waals surface area (Å²) in [5.74, 6) is 3.02. The Kier molecular flexibility index (Phi) is 3.89. The highest BCUT2D eigenvalue weighted by molar-refractivity contribution is 6.05. The number of hydrogen-bond donors (Lipinski definition) is 3. The predicted octanol–water partition coefficient (Wildman–Crippen LogP) is 4.04. The largest absolute Gasteiger partial charge is 0.361 e. The molecule has 1 aromatic carbocycles. The zero-order valence-corrected chi connectivity index (χ0v) is 15.3. The maximum atomic E-state index is 4.57. The fraction of sp³-hybridized carbons (Fsp3) is 0.286. The Morgan fingerprint density at radius 3 is 3.00 bits per heavy atom. The van der Waals surface area contributed by atoms with Gasteiger partial charge in [-0.3, -0.25) is 4.99 Å². The van der Waals surface area contributed by atoms with Crippen molar-refractivity contribution in [1.82, 2.24) is 15.0 Å². The Balaban J connectivity index is 1.28. The summed E-state index contributed by atoms with van der Waals surface area (Å²) in [6.45, 7) is 3.61. The molecule has 5 rings (SSSR count). The monoisotopic (exact) mass is 358 g/mol. The zero-order chi connectivity index (χ0) is 18.2. The van der Waals surface area contributed by atoms with Gasteiger partial charge in [-0.15, -0.1) is 0 Å². The summed E-state index contributed by atoms with van der Waals surface area (Å²) < 4.78 is 0. The highest BCUT2D eigenvalue weighted by Crippen LogP contribution is 2.37. The second kappa shape index (κ2) is 6.54. The van der Waals surface area contributed by atoms with Gasteiger partial charge in [0.2, 0.25) is 5.95 Å². The number of nitrogens with zero attached hydrogens (tertiary/aromatic N) is 3. The Hall–Kier alpha value is -3.15. The molecule has 0 unspecified atom stereocenters. The van der Waals surface area contributed by atoms with Gasteiger partial charge in [0.15, 0.2) is 0 Å². The van der Waals surface area contributed by atoms with Crippen LogP contribution >= 0.6 is 0 Å². The molecule has 6 heteroatoms. The quantitative estimate of drug-likeness (QED) is 0.643. The number of benzene rings is 1. The lowest BCUT2D eigenvalue weighted by Crippen LogP contribution is -2.10. The van der Waals surface area contributed by atoms with E-state index >= 15 is 0 Å². The van der Waals surface area contributed by atoms with Crippen LogP contribution in [0, 0.1) is 12.8 Å². The van der Waals surface area contributed by atoms with E-state index in [2.05, 4.69) is 61.8 Å². The number of aryl methyl sites for hydroxylation is 1. The number of aromatic nitrogens is 3. The number of rotatable bonds is 5. The minimum absolute atomic E-state index is 0.606. The van der Waals surface area contributed by atoms with Crippen LogP contribution in [0.25, 0.3) is 10.9 Å². The molecule has 3 N–H and O–H groups in total. The number of fused-ring (bicyclic) bond motifs is 1. The number of amidine groups is 1. The summed E-state index contributed by atoms with van der Waals surface area (Å²) >= 11 is 0. The van der Waals surface area contributed by atoms with Crippen LogP contribution in [0.4, 0.5) is 11.8 Å². The number of anilines is 2. The van der Waals surface area contributed by atoms with Crippen molar-refractivity contribution < 1.29 is 0 Å². The summed E-state index contributed by atoms with van der Waals surface area (Å²) in [5, 5.41) is 7.87. The van der Waals surface area contributed by atoms with Crippen molar-refractivity contribution in [2.75, 3.05) is 17.2 Å². The first kappa shape index (κ1) is 16.1. The minimum atomic E-state index is 0.606. The van der Waals surface area contributed by atoms with Crippen molar-refractivity contribution in [2.45, 2.75) is 26.3 Å². The van der Waals surface area contributed by atoms with Gasteiger partial charge in [0.25, 0.3) is 0 Å². The standard InChI is InChI=1S/C21H22N6/c1-13-2-3-15(17-6-8-22-20(13)17)11-25-21-23-9-7-18(27-21)26-19-10-16(12-24-19)14-4-5-14/h2-3,6-10,14,22H,4-5,11-12H2,1H3,(H2,23,24,25,26,27). The second-order valence-corrected chi connectivity index (χ2v) is 7.25. The van der Waals surface area contributed by atoms with Crippen LogP contribution in [-0.2, 0) is 6.54 Å². The van der Waals surface area contributed by atoms with Crippen LogP contribution in [-0.4, -0.2) is 27.3 Å². The van der Waals surface area contributed by atoms with Gasteiger partial charge in [0.05, 0.1) is 6.54 Å². The summed E-state index contributed by atoms with van der Waals surface area (Å²) in [5.41, 5.74) is 5.09. The van der Waals surface area contributed by atoms with Gasteiger partial charge in [-0.05, 0) is 60.6 Å². The van der Waals surface area contributed by atoms with Gasteiger partial charge in [-0.1, -0.05) is 12.1 Å². The molecule has 0 amide bonds. The number of nitrogens with one attached hydrogen (secondary N) is 3. The summed E-state index contributed by atoms with van der Waals surface area (Å²) in [4.78, 5) is 16.8. The lowest BCUT2D eigenvalue weighted by Gasteiger charge is -2.09. The molecular weight excluding hydrogens is 336 g/mol. The summed E-state index contributed by atoms with van der Waals surface area (Å²) in [7, 11) is 0. The molecule has 1 aliphatic heterocycles. The van der Waals surface area contributed by atoms with Gasteiger partial charge >= 0.3 is 0 Å². The number of aromatic amines is 1. The van der Waals surface area contributed by atoms with E-state index in [1.165, 1.54) is 40.4 Å². The fourth-order valence-corrected chi connectivity index (χ4v) is 3.56. The molecule has 1 fully saturated rings. The Bertz CT molecular complexity index is 1060. The maximum Gasteiger partial charge on any atom is 0.224 e. The molecule has 6 nitrogen and oxygen atoms in total. The molecule has 0 spiro atoms. The lowest BCUT2D eigenvalue weighted by molar-refractivity contribution is 0.959. The molecule has 0 bridgehead atoms. The van der Waals surface area contributed by atoms with Gasteiger partial charge in [0.1, 0.15) is 11.7 Å². The molecule has 1 saturated carbocycles. The fourth-order valence-electron chi connectivity index (χ4n) is 3.56. The highest BCUT2D eigenvalue weighted by atomic mass is 15.2. The van der Waals surface area contributed by atoms with Crippen molar-refractivity contribution in [3.05, 3.63) is 59.4 Å². The molecule has 27 heavy (non-hydrogen) atoms. The van der Waals surface area contributed by atoms with Gasteiger partial charge in [0, 0.05) is 29.8 Å². The number of aliphatic imine (C=N–C) groups is 1. The molecule has 2 aliphatic rings. The van der Waals surface area contributed by atoms with Crippen molar-refractivity contribution in [3.8, 4) is 0 Å². The van der Waals surface area contributed by atoms with Crippen molar-refractivity contribution in [3.63, 3.8) is 0 Å². The minimum Gasteiger partial charge on any atom is -0.361 e. The van der Waals surface area contributed by atoms with Crippen LogP contribution in [0.15, 0.2) is 53.3 Å². The van der Waals surface area contributed by atoms with E-state index in [1.807, 2.05) is 12.3 Å². The zero-order valence-electron chi connectivity index (χ0n) is 15.3. The van der Waals surface area contributed by atoms with E-state index in [4.69, 9.17) is 0 Å². The van der Waals surface area contributed by atoms with Crippen LogP contribution in [0.5, 0.6) is 0 Å². The first-order valence-electron chi connectivity index (χ1n) is 9.41. The van der Waals surface area contributed by atoms with E-state index < -0.39 is 0 Å². The normalized spacial score (nSPS) is 16.3.